The van der Waals surface area contributed by atoms with Crippen LogP contribution in [-0.2, 0) is 17.8 Å². The first-order valence-electron chi connectivity index (χ1n) is 14.3. The van der Waals surface area contributed by atoms with Gasteiger partial charge in [0.25, 0.3) is 11.8 Å². The summed E-state index contributed by atoms with van der Waals surface area (Å²) in [5.41, 5.74) is 6.26. The van der Waals surface area contributed by atoms with Crippen LogP contribution in [0.1, 0.15) is 44.3 Å². The quantitative estimate of drug-likeness (QED) is 0.249. The molecule has 214 valence electrons. The predicted octanol–water partition coefficient (Wildman–Crippen LogP) is 5.90. The standard InChI is InChI=1S/C35H30N4O4/c1-21-15-17-22(18-16-21)32-31-26(24-10-4-6-12-27(24)37-31)19-29-34(41)39(35(42)38(29)32)28-13-7-5-11-25(28)33(40)36-20-23-9-3-8-14-30(23)43-2/h3-18,29,32,37H,19-20H2,1-2H3,(H,36,40)/t29-,32?/m0/s1. The van der Waals surface area contributed by atoms with E-state index in [1.807, 2.05) is 79.7 Å². The lowest BCUT2D eigenvalue weighted by Crippen LogP contribution is -2.44. The molecule has 2 atom stereocenters. The Morgan fingerprint density at radius 2 is 1.65 bits per heavy atom. The molecule has 2 aliphatic heterocycles. The van der Waals surface area contributed by atoms with Crippen molar-refractivity contribution in [2.24, 2.45) is 0 Å². The molecule has 4 aromatic carbocycles. The number of urea groups is 1. The molecule has 2 aliphatic rings. The van der Waals surface area contributed by atoms with Crippen LogP contribution in [0.25, 0.3) is 10.9 Å². The van der Waals surface area contributed by atoms with E-state index in [1.54, 1.807) is 36.3 Å². The molecule has 1 aromatic heterocycles. The first-order chi connectivity index (χ1) is 21.0. The van der Waals surface area contributed by atoms with Crippen LogP contribution in [0.5, 0.6) is 5.75 Å². The van der Waals surface area contributed by atoms with Crippen LogP contribution in [-0.4, -0.2) is 40.9 Å². The lowest BCUT2D eigenvalue weighted by molar-refractivity contribution is -0.120. The van der Waals surface area contributed by atoms with Gasteiger partial charge in [0, 0.05) is 35.1 Å². The number of anilines is 1. The predicted molar refractivity (Wildman–Crippen MR) is 164 cm³/mol. The Labute approximate surface area is 248 Å². The summed E-state index contributed by atoms with van der Waals surface area (Å²) in [5.74, 6) is -0.0722. The number of aromatic nitrogens is 1. The monoisotopic (exact) mass is 570 g/mol. The van der Waals surface area contributed by atoms with Gasteiger partial charge in [-0.1, -0.05) is 78.4 Å². The van der Waals surface area contributed by atoms with Crippen molar-refractivity contribution in [3.63, 3.8) is 0 Å². The topological polar surface area (TPSA) is 94.7 Å². The third kappa shape index (κ3) is 4.34. The van der Waals surface area contributed by atoms with E-state index in [2.05, 4.69) is 10.3 Å². The van der Waals surface area contributed by atoms with Gasteiger partial charge < -0.3 is 15.0 Å². The number of aromatic amines is 1. The molecule has 7 rings (SSSR count). The van der Waals surface area contributed by atoms with Crippen LogP contribution in [0.3, 0.4) is 0 Å². The van der Waals surface area contributed by atoms with Gasteiger partial charge in [-0.3, -0.25) is 14.5 Å². The zero-order valence-corrected chi connectivity index (χ0v) is 23.8. The number of methoxy groups -OCH3 is 1. The number of fused-ring (bicyclic) bond motifs is 4. The summed E-state index contributed by atoms with van der Waals surface area (Å²) in [6.07, 6.45) is 0.380. The highest BCUT2D eigenvalue weighted by molar-refractivity contribution is 6.24. The van der Waals surface area contributed by atoms with Crippen LogP contribution in [0.2, 0.25) is 0 Å². The molecule has 43 heavy (non-hydrogen) atoms. The minimum Gasteiger partial charge on any atom is -0.496 e. The first-order valence-corrected chi connectivity index (χ1v) is 14.3. The van der Waals surface area contributed by atoms with Gasteiger partial charge in [-0.2, -0.15) is 0 Å². The number of para-hydroxylation sites is 3. The van der Waals surface area contributed by atoms with Gasteiger partial charge in [-0.05, 0) is 42.3 Å². The van der Waals surface area contributed by atoms with Crippen molar-refractivity contribution in [1.29, 1.82) is 0 Å². The van der Waals surface area contributed by atoms with Crippen LogP contribution < -0.4 is 15.0 Å². The SMILES string of the molecule is COc1ccccc1CNC(=O)c1ccccc1N1C(=O)[C@@H]2Cc3c([nH]c4ccccc34)C(c3ccc(C)cc3)N2C1=O. The third-order valence-corrected chi connectivity index (χ3v) is 8.46. The second-order valence-electron chi connectivity index (χ2n) is 11.0. The Hall–Kier alpha value is -5.37. The third-order valence-electron chi connectivity index (χ3n) is 8.46. The van der Waals surface area contributed by atoms with Gasteiger partial charge in [0.1, 0.15) is 17.8 Å². The summed E-state index contributed by atoms with van der Waals surface area (Å²) in [5, 5.41) is 3.97. The maximum Gasteiger partial charge on any atom is 0.332 e. The minimum atomic E-state index is -0.713. The number of ether oxygens (including phenoxy) is 1. The van der Waals surface area contributed by atoms with Crippen LogP contribution in [0.4, 0.5) is 10.5 Å². The second-order valence-corrected chi connectivity index (χ2v) is 11.0. The van der Waals surface area contributed by atoms with Crippen LogP contribution in [0.15, 0.2) is 97.1 Å². The molecule has 4 amide bonds. The molecule has 0 radical (unpaired) electrons. The van der Waals surface area contributed by atoms with Gasteiger partial charge in [-0.25, -0.2) is 9.69 Å². The maximum atomic E-state index is 14.3. The van der Waals surface area contributed by atoms with E-state index >= 15 is 0 Å². The van der Waals surface area contributed by atoms with E-state index < -0.39 is 24.0 Å². The highest BCUT2D eigenvalue weighted by atomic mass is 16.5. The molecule has 0 spiro atoms. The summed E-state index contributed by atoms with van der Waals surface area (Å²) in [6, 6.07) is 28.6. The number of hydrogen-bond acceptors (Lipinski definition) is 4. The first kappa shape index (κ1) is 26.5. The Balaban J connectivity index is 1.27. The van der Waals surface area contributed by atoms with Crippen molar-refractivity contribution in [3.05, 3.63) is 131 Å². The van der Waals surface area contributed by atoms with E-state index in [-0.39, 0.29) is 23.7 Å². The maximum absolute atomic E-state index is 14.3. The molecular weight excluding hydrogens is 540 g/mol. The van der Waals surface area contributed by atoms with Crippen LogP contribution >= 0.6 is 0 Å². The van der Waals surface area contributed by atoms with Gasteiger partial charge >= 0.3 is 6.03 Å². The molecular formula is C35H30N4O4. The van der Waals surface area contributed by atoms with E-state index in [0.29, 0.717) is 12.2 Å². The van der Waals surface area contributed by atoms with E-state index in [0.717, 1.165) is 38.9 Å². The Kier molecular flexibility index (Phi) is 6.46. The Morgan fingerprint density at radius 3 is 2.47 bits per heavy atom. The van der Waals surface area contributed by atoms with Gasteiger partial charge in [-0.15, -0.1) is 0 Å². The van der Waals surface area contributed by atoms with Crippen molar-refractivity contribution in [1.82, 2.24) is 15.2 Å². The highest BCUT2D eigenvalue weighted by Gasteiger charge is 2.53. The summed E-state index contributed by atoms with van der Waals surface area (Å²) in [6.45, 7) is 2.25. The summed E-state index contributed by atoms with van der Waals surface area (Å²) in [7, 11) is 1.58. The number of hydrogen-bond donors (Lipinski definition) is 2. The molecule has 1 fully saturated rings. The zero-order chi connectivity index (χ0) is 29.7. The number of H-pyrrole nitrogens is 1. The number of nitrogens with zero attached hydrogens (tertiary/aromatic N) is 2. The lowest BCUT2D eigenvalue weighted by atomic mass is 9.88. The molecule has 1 saturated heterocycles. The molecule has 1 unspecified atom stereocenters. The van der Waals surface area contributed by atoms with Crippen molar-refractivity contribution in [2.45, 2.75) is 32.0 Å². The van der Waals surface area contributed by atoms with E-state index in [1.165, 1.54) is 4.90 Å². The van der Waals surface area contributed by atoms with Crippen molar-refractivity contribution < 1.29 is 19.1 Å². The number of aryl methyl sites for hydroxylation is 1. The summed E-state index contributed by atoms with van der Waals surface area (Å²) < 4.78 is 5.41. The van der Waals surface area contributed by atoms with Crippen LogP contribution in [0, 0.1) is 6.92 Å². The molecule has 0 aliphatic carbocycles. The number of carbonyl (C=O) groups excluding carboxylic acids is 3. The van der Waals surface area contributed by atoms with Gasteiger partial charge in [0.05, 0.1) is 18.4 Å². The summed E-state index contributed by atoms with van der Waals surface area (Å²) >= 11 is 0. The molecule has 0 bridgehead atoms. The Bertz CT molecular complexity index is 1890. The molecule has 2 N–H and O–H groups in total. The Morgan fingerprint density at radius 1 is 0.930 bits per heavy atom. The second kappa shape index (κ2) is 10.5. The smallest absolute Gasteiger partial charge is 0.332 e. The van der Waals surface area contributed by atoms with E-state index in [4.69, 9.17) is 4.74 Å². The number of nitrogens with one attached hydrogen (secondary N) is 2. The molecule has 8 nitrogen and oxygen atoms in total. The normalized spacial score (nSPS) is 17.6. The lowest BCUT2D eigenvalue weighted by Gasteiger charge is -2.36. The average molecular weight is 571 g/mol. The fourth-order valence-corrected chi connectivity index (χ4v) is 6.37. The highest BCUT2D eigenvalue weighted by Crippen LogP contribution is 2.45. The van der Waals surface area contributed by atoms with E-state index in [9.17, 15) is 14.4 Å². The number of benzene rings is 4. The zero-order valence-electron chi connectivity index (χ0n) is 23.8. The van der Waals surface area contributed by atoms with Crippen molar-refractivity contribution in [2.75, 3.05) is 12.0 Å². The molecule has 3 heterocycles. The summed E-state index contributed by atoms with van der Waals surface area (Å²) in [4.78, 5) is 48.4. The van der Waals surface area contributed by atoms with Crippen molar-refractivity contribution >= 4 is 34.4 Å². The molecule has 0 saturated carbocycles. The van der Waals surface area contributed by atoms with Gasteiger partial charge in [0.2, 0.25) is 0 Å². The molecule has 5 aromatic rings. The number of rotatable bonds is 6. The number of carbonyl (C=O) groups is 3. The average Bonchev–Trinajstić information content (AvgIpc) is 3.53. The largest absolute Gasteiger partial charge is 0.496 e. The van der Waals surface area contributed by atoms with Gasteiger partial charge in [0.15, 0.2) is 0 Å². The fraction of sp³-hybridized carbons (Fsp3) is 0.171. The van der Waals surface area contributed by atoms with Crippen molar-refractivity contribution in [3.8, 4) is 5.75 Å². The number of imide groups is 1. The molecule has 8 heteroatoms. The fourth-order valence-electron chi connectivity index (χ4n) is 6.37. The number of amides is 4. The minimum absolute atomic E-state index is 0.227.